The number of H-pyrrole nitrogens is 1. The number of rotatable bonds is 2. The van der Waals surface area contributed by atoms with Crippen LogP contribution >= 0.6 is 11.6 Å². The minimum absolute atomic E-state index is 0.150. The zero-order valence-corrected chi connectivity index (χ0v) is 11.8. The average molecular weight is 300 g/mol. The molecule has 0 radical (unpaired) electrons. The summed E-state index contributed by atoms with van der Waals surface area (Å²) >= 11 is 5.89. The van der Waals surface area contributed by atoms with Gasteiger partial charge >= 0.3 is 5.69 Å². The van der Waals surface area contributed by atoms with E-state index in [1.54, 1.807) is 19.2 Å². The highest BCUT2D eigenvalue weighted by molar-refractivity contribution is 6.31. The minimum Gasteiger partial charge on any atom is -0.354 e. The quantitative estimate of drug-likeness (QED) is 0.712. The van der Waals surface area contributed by atoms with Crippen LogP contribution < -0.4 is 11.0 Å². The van der Waals surface area contributed by atoms with Gasteiger partial charge in [-0.3, -0.25) is 4.57 Å². The fourth-order valence-electron chi connectivity index (χ4n) is 2.12. The SMILES string of the molecule is Cn1c(=O)[nH]c2cc(Nc3ccnc(Cl)c3C#N)ccc21. The van der Waals surface area contributed by atoms with E-state index >= 15 is 0 Å². The lowest BCUT2D eigenvalue weighted by Gasteiger charge is -2.08. The number of aromatic nitrogens is 3. The van der Waals surface area contributed by atoms with Gasteiger partial charge in [0, 0.05) is 18.9 Å². The van der Waals surface area contributed by atoms with Crippen molar-refractivity contribution < 1.29 is 0 Å². The maximum atomic E-state index is 11.6. The molecule has 2 heterocycles. The molecule has 2 aromatic heterocycles. The number of imidazole rings is 1. The maximum absolute atomic E-state index is 11.6. The Hall–Kier alpha value is -2.78. The van der Waals surface area contributed by atoms with Gasteiger partial charge in [-0.25, -0.2) is 9.78 Å². The molecule has 2 N–H and O–H groups in total. The van der Waals surface area contributed by atoms with E-state index in [9.17, 15) is 4.79 Å². The number of pyridine rings is 1. The zero-order chi connectivity index (χ0) is 15.0. The first-order valence-corrected chi connectivity index (χ1v) is 6.48. The van der Waals surface area contributed by atoms with Crippen molar-refractivity contribution in [2.75, 3.05) is 5.32 Å². The van der Waals surface area contributed by atoms with Crippen LogP contribution in [0.4, 0.5) is 11.4 Å². The fourth-order valence-corrected chi connectivity index (χ4v) is 2.32. The second kappa shape index (κ2) is 4.96. The molecule has 21 heavy (non-hydrogen) atoms. The number of aromatic amines is 1. The van der Waals surface area contributed by atoms with Crippen molar-refractivity contribution in [3.63, 3.8) is 0 Å². The van der Waals surface area contributed by atoms with Crippen LogP contribution in [0, 0.1) is 11.3 Å². The van der Waals surface area contributed by atoms with Crippen molar-refractivity contribution in [1.29, 1.82) is 5.26 Å². The van der Waals surface area contributed by atoms with Gasteiger partial charge in [0.15, 0.2) is 0 Å². The maximum Gasteiger partial charge on any atom is 0.326 e. The number of halogens is 1. The molecular formula is C14H10ClN5O. The second-order valence-corrected chi connectivity index (χ2v) is 4.84. The summed E-state index contributed by atoms with van der Waals surface area (Å²) in [5.41, 5.74) is 2.93. The van der Waals surface area contributed by atoms with E-state index in [-0.39, 0.29) is 16.4 Å². The average Bonchev–Trinajstić information content (AvgIpc) is 2.74. The molecule has 6 nitrogen and oxygen atoms in total. The number of nitrogens with zero attached hydrogens (tertiary/aromatic N) is 3. The predicted molar refractivity (Wildman–Crippen MR) is 80.8 cm³/mol. The number of nitriles is 1. The van der Waals surface area contributed by atoms with E-state index in [0.717, 1.165) is 11.2 Å². The lowest BCUT2D eigenvalue weighted by molar-refractivity contribution is 0.891. The van der Waals surface area contributed by atoms with E-state index in [0.29, 0.717) is 11.2 Å². The molecule has 3 aromatic rings. The van der Waals surface area contributed by atoms with Gasteiger partial charge in [-0.2, -0.15) is 5.26 Å². The first-order valence-electron chi connectivity index (χ1n) is 6.10. The molecule has 0 atom stereocenters. The van der Waals surface area contributed by atoms with Crippen molar-refractivity contribution in [3.05, 3.63) is 51.7 Å². The largest absolute Gasteiger partial charge is 0.354 e. The number of aryl methyl sites for hydroxylation is 1. The highest BCUT2D eigenvalue weighted by Crippen LogP contribution is 2.25. The van der Waals surface area contributed by atoms with Gasteiger partial charge in [-0.1, -0.05) is 11.6 Å². The van der Waals surface area contributed by atoms with Gasteiger partial charge in [0.05, 0.1) is 16.7 Å². The first-order chi connectivity index (χ1) is 10.1. The summed E-state index contributed by atoms with van der Waals surface area (Å²) in [6.45, 7) is 0. The highest BCUT2D eigenvalue weighted by Gasteiger charge is 2.09. The molecule has 0 unspecified atom stereocenters. The minimum atomic E-state index is -0.174. The van der Waals surface area contributed by atoms with Crippen LogP contribution in [0.3, 0.4) is 0 Å². The Balaban J connectivity index is 2.05. The number of nitrogens with one attached hydrogen (secondary N) is 2. The number of fused-ring (bicyclic) bond motifs is 1. The Morgan fingerprint density at radius 3 is 3.00 bits per heavy atom. The summed E-state index contributed by atoms with van der Waals surface area (Å²) in [5.74, 6) is 0. The van der Waals surface area contributed by atoms with Crippen molar-refractivity contribution >= 4 is 34.0 Å². The van der Waals surface area contributed by atoms with Crippen LogP contribution in [0.5, 0.6) is 0 Å². The summed E-state index contributed by atoms with van der Waals surface area (Å²) < 4.78 is 1.53. The third-order valence-electron chi connectivity index (χ3n) is 3.20. The van der Waals surface area contributed by atoms with Crippen molar-refractivity contribution in [2.24, 2.45) is 7.05 Å². The molecule has 7 heteroatoms. The van der Waals surface area contributed by atoms with E-state index in [1.165, 1.54) is 10.8 Å². The third kappa shape index (κ3) is 2.24. The van der Waals surface area contributed by atoms with Gasteiger partial charge in [0.25, 0.3) is 0 Å². The van der Waals surface area contributed by atoms with E-state index in [4.69, 9.17) is 16.9 Å². The predicted octanol–water partition coefficient (Wildman–Crippen LogP) is 2.53. The molecule has 0 aliphatic heterocycles. The Labute approximate surface area is 124 Å². The summed E-state index contributed by atoms with van der Waals surface area (Å²) in [5, 5.41) is 12.4. The second-order valence-electron chi connectivity index (χ2n) is 4.48. The van der Waals surface area contributed by atoms with Crippen molar-refractivity contribution in [3.8, 4) is 6.07 Å². The van der Waals surface area contributed by atoms with Crippen LogP contribution in [-0.4, -0.2) is 14.5 Å². The van der Waals surface area contributed by atoms with Gasteiger partial charge in [-0.05, 0) is 24.3 Å². The van der Waals surface area contributed by atoms with E-state index in [1.807, 2.05) is 18.2 Å². The summed E-state index contributed by atoms with van der Waals surface area (Å²) in [7, 11) is 1.70. The topological polar surface area (TPSA) is 86.5 Å². The lowest BCUT2D eigenvalue weighted by atomic mass is 10.2. The van der Waals surface area contributed by atoms with Gasteiger partial charge in [-0.15, -0.1) is 0 Å². The molecule has 3 rings (SSSR count). The molecule has 0 spiro atoms. The molecule has 0 fully saturated rings. The molecular weight excluding hydrogens is 290 g/mol. The third-order valence-corrected chi connectivity index (χ3v) is 3.49. The molecule has 0 aliphatic carbocycles. The van der Waals surface area contributed by atoms with Crippen LogP contribution in [0.25, 0.3) is 11.0 Å². The van der Waals surface area contributed by atoms with Gasteiger partial charge in [0.2, 0.25) is 0 Å². The molecule has 104 valence electrons. The Morgan fingerprint density at radius 2 is 2.24 bits per heavy atom. The van der Waals surface area contributed by atoms with Gasteiger partial charge < -0.3 is 10.3 Å². The van der Waals surface area contributed by atoms with Crippen LogP contribution in [-0.2, 0) is 7.05 Å². The number of benzene rings is 1. The summed E-state index contributed by atoms with van der Waals surface area (Å²) in [4.78, 5) is 18.2. The Bertz CT molecular complexity index is 935. The van der Waals surface area contributed by atoms with Gasteiger partial charge in [0.1, 0.15) is 16.8 Å². The highest BCUT2D eigenvalue weighted by atomic mass is 35.5. The van der Waals surface area contributed by atoms with Crippen molar-refractivity contribution in [1.82, 2.24) is 14.5 Å². The standard InChI is InChI=1S/C14H10ClN5O/c1-20-12-3-2-8(6-11(12)19-14(20)21)18-10-4-5-17-13(15)9(10)7-16/h2-6H,1H3,(H,17,18)(H,19,21). The smallest absolute Gasteiger partial charge is 0.326 e. The molecule has 0 amide bonds. The van der Waals surface area contributed by atoms with E-state index < -0.39 is 0 Å². The Kier molecular flexibility index (Phi) is 3.12. The summed E-state index contributed by atoms with van der Waals surface area (Å²) in [6, 6.07) is 9.13. The molecule has 0 aliphatic rings. The number of hydrogen-bond donors (Lipinski definition) is 2. The Morgan fingerprint density at radius 1 is 1.43 bits per heavy atom. The molecule has 0 bridgehead atoms. The number of hydrogen-bond acceptors (Lipinski definition) is 4. The first kappa shape index (κ1) is 13.2. The fraction of sp³-hybridized carbons (Fsp3) is 0.0714. The molecule has 1 aromatic carbocycles. The monoisotopic (exact) mass is 299 g/mol. The van der Waals surface area contributed by atoms with Crippen LogP contribution in [0.1, 0.15) is 5.56 Å². The van der Waals surface area contributed by atoms with Crippen LogP contribution in [0.2, 0.25) is 5.15 Å². The zero-order valence-electron chi connectivity index (χ0n) is 11.0. The summed E-state index contributed by atoms with van der Waals surface area (Å²) in [6.07, 6.45) is 1.52. The molecule has 0 saturated carbocycles. The normalized spacial score (nSPS) is 10.5. The molecule has 0 saturated heterocycles. The lowest BCUT2D eigenvalue weighted by Crippen LogP contribution is -2.11. The van der Waals surface area contributed by atoms with E-state index in [2.05, 4.69) is 15.3 Å². The van der Waals surface area contributed by atoms with Crippen LogP contribution in [0.15, 0.2) is 35.3 Å². The van der Waals surface area contributed by atoms with Crippen molar-refractivity contribution in [2.45, 2.75) is 0 Å². The number of anilines is 2.